The number of carbonyl (C=O) groups excluding carboxylic acids is 3. The fraction of sp³-hybridized carbons (Fsp3) is 0.286. The molecule has 2 aromatic carbocycles. The zero-order chi connectivity index (χ0) is 22.9. The van der Waals surface area contributed by atoms with Crippen LogP contribution in [0.1, 0.15) is 23.6 Å². The molecule has 0 saturated heterocycles. The lowest BCUT2D eigenvalue weighted by Crippen LogP contribution is -2.43. The molecule has 2 rings (SSSR count). The maximum Gasteiger partial charge on any atom is 0.307 e. The summed E-state index contributed by atoms with van der Waals surface area (Å²) in [5.74, 6) is -1.70. The number of methoxy groups -OCH3 is 1. The third-order valence-corrected chi connectivity index (χ3v) is 5.75. The van der Waals surface area contributed by atoms with Gasteiger partial charge in [-0.25, -0.2) is 13.1 Å². The van der Waals surface area contributed by atoms with E-state index in [0.717, 1.165) is 5.56 Å². The van der Waals surface area contributed by atoms with E-state index in [0.29, 0.717) is 5.56 Å². The minimum Gasteiger partial charge on any atom is -0.469 e. The van der Waals surface area contributed by atoms with E-state index in [-0.39, 0.29) is 17.9 Å². The summed E-state index contributed by atoms with van der Waals surface area (Å²) in [6, 6.07) is 14.4. The van der Waals surface area contributed by atoms with Crippen molar-refractivity contribution in [2.45, 2.75) is 24.3 Å². The van der Waals surface area contributed by atoms with Crippen molar-refractivity contribution in [1.29, 1.82) is 0 Å². The van der Waals surface area contributed by atoms with Crippen molar-refractivity contribution in [2.75, 3.05) is 20.2 Å². The van der Waals surface area contributed by atoms with Crippen LogP contribution in [0.15, 0.2) is 59.5 Å². The average molecular weight is 448 g/mol. The number of hydrogen-bond donors (Lipinski definition) is 3. The summed E-state index contributed by atoms with van der Waals surface area (Å²) in [6.45, 7) is 0.930. The van der Waals surface area contributed by atoms with Gasteiger partial charge in [-0.15, -0.1) is 0 Å². The van der Waals surface area contributed by atoms with E-state index in [1.165, 1.54) is 19.2 Å². The van der Waals surface area contributed by atoms with Crippen LogP contribution in [0.2, 0.25) is 0 Å². The van der Waals surface area contributed by atoms with E-state index in [9.17, 15) is 22.8 Å². The number of aryl methyl sites for hydroxylation is 1. The number of amides is 2. The fourth-order valence-electron chi connectivity index (χ4n) is 2.64. The van der Waals surface area contributed by atoms with Gasteiger partial charge in [0, 0.05) is 0 Å². The third kappa shape index (κ3) is 7.83. The zero-order valence-corrected chi connectivity index (χ0v) is 18.1. The summed E-state index contributed by atoms with van der Waals surface area (Å²) >= 11 is 0. The van der Waals surface area contributed by atoms with Gasteiger partial charge in [0.05, 0.1) is 37.6 Å². The molecule has 2 aromatic rings. The number of nitrogens with one attached hydrogen (secondary N) is 3. The Morgan fingerprint density at radius 2 is 1.58 bits per heavy atom. The van der Waals surface area contributed by atoms with Gasteiger partial charge in [-0.05, 0) is 24.6 Å². The van der Waals surface area contributed by atoms with E-state index in [1.807, 2.05) is 6.92 Å². The Morgan fingerprint density at radius 1 is 0.935 bits per heavy atom. The van der Waals surface area contributed by atoms with Gasteiger partial charge < -0.3 is 15.4 Å². The summed E-state index contributed by atoms with van der Waals surface area (Å²) in [4.78, 5) is 35.9. The molecular weight excluding hydrogens is 422 g/mol. The minimum absolute atomic E-state index is 0.0390. The molecule has 0 spiro atoms. The van der Waals surface area contributed by atoms with Crippen LogP contribution >= 0.6 is 0 Å². The minimum atomic E-state index is -3.84. The highest BCUT2D eigenvalue weighted by molar-refractivity contribution is 7.89. The molecule has 0 heterocycles. The normalized spacial score (nSPS) is 11.9. The Balaban J connectivity index is 1.86. The van der Waals surface area contributed by atoms with Gasteiger partial charge in [-0.3, -0.25) is 14.4 Å². The highest BCUT2D eigenvalue weighted by Crippen LogP contribution is 2.17. The van der Waals surface area contributed by atoms with Crippen LogP contribution in [0, 0.1) is 6.92 Å². The monoisotopic (exact) mass is 447 g/mol. The first kappa shape index (κ1) is 24.0. The summed E-state index contributed by atoms with van der Waals surface area (Å²) in [6.07, 6.45) is -0.0729. The predicted molar refractivity (Wildman–Crippen MR) is 113 cm³/mol. The average Bonchev–Trinajstić information content (AvgIpc) is 2.76. The van der Waals surface area contributed by atoms with Crippen molar-refractivity contribution < 1.29 is 27.5 Å². The van der Waals surface area contributed by atoms with E-state index in [1.54, 1.807) is 42.5 Å². The number of rotatable bonds is 10. The largest absolute Gasteiger partial charge is 0.469 e. The quantitative estimate of drug-likeness (QED) is 0.462. The van der Waals surface area contributed by atoms with Crippen molar-refractivity contribution >= 4 is 27.8 Å². The molecule has 0 aliphatic heterocycles. The Hall–Kier alpha value is -3.24. The second kappa shape index (κ2) is 11.2. The summed E-state index contributed by atoms with van der Waals surface area (Å²) in [5.41, 5.74) is 1.61. The van der Waals surface area contributed by atoms with E-state index >= 15 is 0 Å². The van der Waals surface area contributed by atoms with E-state index < -0.39 is 40.4 Å². The van der Waals surface area contributed by atoms with Crippen molar-refractivity contribution in [3.63, 3.8) is 0 Å². The Bertz CT molecular complexity index is 1010. The van der Waals surface area contributed by atoms with Gasteiger partial charge in [-0.1, -0.05) is 48.0 Å². The smallest absolute Gasteiger partial charge is 0.307 e. The number of sulfonamides is 1. The Kier molecular flexibility index (Phi) is 8.71. The first-order valence-corrected chi connectivity index (χ1v) is 10.9. The molecule has 1 atom stereocenters. The molecule has 0 radical (unpaired) electrons. The second-order valence-corrected chi connectivity index (χ2v) is 8.49. The predicted octanol–water partition coefficient (Wildman–Crippen LogP) is 0.810. The van der Waals surface area contributed by atoms with Crippen molar-refractivity contribution in [1.82, 2.24) is 15.4 Å². The molecule has 2 amide bonds. The molecule has 10 heteroatoms. The summed E-state index contributed by atoms with van der Waals surface area (Å²) in [7, 11) is -2.59. The molecule has 3 N–H and O–H groups in total. The molecule has 0 aliphatic carbocycles. The first-order chi connectivity index (χ1) is 14.7. The van der Waals surface area contributed by atoms with Gasteiger partial charge in [0.25, 0.3) is 0 Å². The summed E-state index contributed by atoms with van der Waals surface area (Å²) < 4.78 is 31.3. The number of carbonyl (C=O) groups is 3. The van der Waals surface area contributed by atoms with Gasteiger partial charge in [0.1, 0.15) is 0 Å². The summed E-state index contributed by atoms with van der Waals surface area (Å²) in [5, 5.41) is 5.01. The van der Waals surface area contributed by atoms with Gasteiger partial charge >= 0.3 is 5.97 Å². The van der Waals surface area contributed by atoms with Crippen molar-refractivity contribution in [3.8, 4) is 0 Å². The van der Waals surface area contributed by atoms with Crippen LogP contribution in [0.4, 0.5) is 0 Å². The molecule has 0 saturated carbocycles. The molecule has 9 nitrogen and oxygen atoms in total. The third-order valence-electron chi connectivity index (χ3n) is 4.34. The topological polar surface area (TPSA) is 131 Å². The molecule has 0 fully saturated rings. The molecular formula is C21H25N3O6S. The number of esters is 1. The maximum atomic E-state index is 12.2. The molecule has 166 valence electrons. The van der Waals surface area contributed by atoms with Crippen LogP contribution in [-0.4, -0.2) is 46.4 Å². The number of hydrogen-bond acceptors (Lipinski definition) is 6. The standard InChI is InChI=1S/C21H25N3O6S/c1-15-8-10-17(11-9-15)31(28,29)23-14-19(25)22-13-20(26)24-18(12-21(27)30-2)16-6-4-3-5-7-16/h3-11,18,23H,12-14H2,1-2H3,(H,22,25)(H,24,26). The van der Waals surface area contributed by atoms with Gasteiger partial charge in [0.2, 0.25) is 21.8 Å². The molecule has 0 bridgehead atoms. The fourth-order valence-corrected chi connectivity index (χ4v) is 3.62. The van der Waals surface area contributed by atoms with Crippen LogP contribution in [0.25, 0.3) is 0 Å². The lowest BCUT2D eigenvalue weighted by molar-refractivity contribution is -0.141. The molecule has 0 aromatic heterocycles. The number of ether oxygens (including phenoxy) is 1. The SMILES string of the molecule is COC(=O)CC(NC(=O)CNC(=O)CNS(=O)(=O)c1ccc(C)cc1)c1ccccc1. The van der Waals surface area contributed by atoms with Crippen LogP contribution in [-0.2, 0) is 29.1 Å². The van der Waals surface area contributed by atoms with Gasteiger partial charge in [0.15, 0.2) is 0 Å². The van der Waals surface area contributed by atoms with Crippen molar-refractivity contribution in [2.24, 2.45) is 0 Å². The van der Waals surface area contributed by atoms with E-state index in [4.69, 9.17) is 0 Å². The second-order valence-electron chi connectivity index (χ2n) is 6.73. The lowest BCUT2D eigenvalue weighted by atomic mass is 10.0. The van der Waals surface area contributed by atoms with Crippen molar-refractivity contribution in [3.05, 3.63) is 65.7 Å². The van der Waals surface area contributed by atoms with Crippen LogP contribution in [0.3, 0.4) is 0 Å². The Morgan fingerprint density at radius 3 is 2.19 bits per heavy atom. The van der Waals surface area contributed by atoms with Crippen LogP contribution < -0.4 is 15.4 Å². The van der Waals surface area contributed by atoms with E-state index in [2.05, 4.69) is 20.1 Å². The highest BCUT2D eigenvalue weighted by atomic mass is 32.2. The molecule has 1 unspecified atom stereocenters. The first-order valence-electron chi connectivity index (χ1n) is 9.45. The zero-order valence-electron chi connectivity index (χ0n) is 17.3. The highest BCUT2D eigenvalue weighted by Gasteiger charge is 2.20. The molecule has 31 heavy (non-hydrogen) atoms. The van der Waals surface area contributed by atoms with Gasteiger partial charge in [-0.2, -0.15) is 0 Å². The lowest BCUT2D eigenvalue weighted by Gasteiger charge is -2.18. The maximum absolute atomic E-state index is 12.2. The molecule has 0 aliphatic rings. The Labute approximate surface area is 181 Å². The van der Waals surface area contributed by atoms with Crippen LogP contribution in [0.5, 0.6) is 0 Å². The number of benzene rings is 2.